The first kappa shape index (κ1) is 32.3. The van der Waals surface area contributed by atoms with Crippen molar-refractivity contribution in [2.45, 2.75) is 85.9 Å². The molecule has 0 radical (unpaired) electrons. The fourth-order valence-electron chi connectivity index (χ4n) is 5.78. The molecule has 4 aromatic rings. The van der Waals surface area contributed by atoms with Gasteiger partial charge in [-0.15, -0.1) is 0 Å². The molecule has 1 aromatic carbocycles. The van der Waals surface area contributed by atoms with Crippen LogP contribution in [0, 0.1) is 19.7 Å². The molecule has 45 heavy (non-hydrogen) atoms. The Bertz CT molecular complexity index is 1850. The Morgan fingerprint density at radius 2 is 1.73 bits per heavy atom. The molecule has 1 fully saturated rings. The second-order valence-corrected chi connectivity index (χ2v) is 13.4. The zero-order chi connectivity index (χ0) is 33.0. The number of fused-ring (bicyclic) bond motifs is 1. The summed E-state index contributed by atoms with van der Waals surface area (Å²) in [6.07, 6.45) is -0.398. The third kappa shape index (κ3) is 6.22. The van der Waals surface area contributed by atoms with Crippen LogP contribution in [0.15, 0.2) is 35.1 Å². The van der Waals surface area contributed by atoms with Crippen LogP contribution in [-0.4, -0.2) is 66.3 Å². The lowest BCUT2D eigenvalue weighted by Crippen LogP contribution is -2.59. The Hall–Kier alpha value is -4.12. The number of nitrogens with zero attached hydrogens (tertiary/aromatic N) is 7. The van der Waals surface area contributed by atoms with Crippen molar-refractivity contribution in [3.05, 3.63) is 68.9 Å². The number of carbonyl (C=O) groups is 1. The maximum absolute atomic E-state index is 15.1. The van der Waals surface area contributed by atoms with Gasteiger partial charge < -0.3 is 14.5 Å². The van der Waals surface area contributed by atoms with Crippen LogP contribution in [0.1, 0.15) is 71.6 Å². The Kier molecular flexibility index (Phi) is 8.61. The van der Waals surface area contributed by atoms with E-state index in [9.17, 15) is 9.59 Å². The topological polar surface area (TPSA) is 106 Å². The maximum atomic E-state index is 15.1. The Morgan fingerprint density at radius 3 is 2.38 bits per heavy atom. The molecule has 0 aliphatic carbocycles. The number of carbonyl (C=O) groups excluding carboxylic acids is 1. The van der Waals surface area contributed by atoms with Crippen molar-refractivity contribution in [3.8, 4) is 16.9 Å². The summed E-state index contributed by atoms with van der Waals surface area (Å²) in [5, 5.41) is 0.703. The first-order chi connectivity index (χ1) is 21.1. The van der Waals surface area contributed by atoms with Gasteiger partial charge in [0.05, 0.1) is 33.2 Å². The Labute approximate surface area is 267 Å². The minimum Gasteiger partial charge on any atom is -0.444 e. The van der Waals surface area contributed by atoms with Crippen LogP contribution >= 0.6 is 11.6 Å². The van der Waals surface area contributed by atoms with Gasteiger partial charge in [0, 0.05) is 30.7 Å². The molecule has 1 aliphatic rings. The third-order valence-electron chi connectivity index (χ3n) is 7.78. The number of amides is 1. The van der Waals surface area contributed by atoms with E-state index in [1.807, 2.05) is 60.3 Å². The van der Waals surface area contributed by atoms with Crippen molar-refractivity contribution in [2.75, 3.05) is 18.0 Å². The van der Waals surface area contributed by atoms with Gasteiger partial charge in [0.15, 0.2) is 5.65 Å². The number of piperazine rings is 1. The van der Waals surface area contributed by atoms with E-state index in [1.165, 1.54) is 10.6 Å². The van der Waals surface area contributed by atoms with Gasteiger partial charge in [0.2, 0.25) is 0 Å². The standard InChI is InChI=1S/C33H39ClFN7O3/c1-17(2)26-28(20(5)36-21(6)37-26)42-30-23(14-24(34)27(38-30)22-12-10-11-13-25(22)35)29(39-31(42)43)40-15-19(4)41(16-18(40)3)32(44)45-33(7,8)9/h10-14,17-19H,15-16H2,1-9H3/t18-,19+/m0/s1. The Balaban J connectivity index is 1.76. The fourth-order valence-corrected chi connectivity index (χ4v) is 6.03. The molecular weight excluding hydrogens is 597 g/mol. The summed E-state index contributed by atoms with van der Waals surface area (Å²) < 4.78 is 22.1. The third-order valence-corrected chi connectivity index (χ3v) is 8.07. The predicted octanol–water partition coefficient (Wildman–Crippen LogP) is 6.60. The van der Waals surface area contributed by atoms with Crippen LogP contribution in [0.4, 0.5) is 15.0 Å². The molecule has 1 saturated heterocycles. The van der Waals surface area contributed by atoms with E-state index in [0.29, 0.717) is 47.2 Å². The minimum absolute atomic E-state index is 0.0535. The zero-order valence-electron chi connectivity index (χ0n) is 27.1. The van der Waals surface area contributed by atoms with E-state index in [0.717, 1.165) is 0 Å². The molecule has 0 saturated carbocycles. The van der Waals surface area contributed by atoms with Gasteiger partial charge in [0.25, 0.3) is 0 Å². The lowest BCUT2D eigenvalue weighted by atomic mass is 10.1. The number of anilines is 1. The number of pyridine rings is 1. The minimum atomic E-state index is -0.634. The van der Waals surface area contributed by atoms with Gasteiger partial charge in [-0.3, -0.25) is 0 Å². The SMILES string of the molecule is Cc1nc(C)c(-n2c(=O)nc(N3C[C@@H](C)N(C(=O)OC(C)(C)C)C[C@@H]3C)c3cc(Cl)c(-c4ccccc4F)nc32)c(C(C)C)n1. The first-order valence-electron chi connectivity index (χ1n) is 15.1. The molecule has 0 unspecified atom stereocenters. The summed E-state index contributed by atoms with van der Waals surface area (Å²) in [6.45, 7) is 17.7. The monoisotopic (exact) mass is 635 g/mol. The summed E-state index contributed by atoms with van der Waals surface area (Å²) >= 11 is 6.83. The smallest absolute Gasteiger partial charge is 0.410 e. The van der Waals surface area contributed by atoms with Crippen molar-refractivity contribution in [2.24, 2.45) is 0 Å². The number of hydrogen-bond donors (Lipinski definition) is 0. The van der Waals surface area contributed by atoms with Crippen molar-refractivity contribution >= 4 is 34.5 Å². The summed E-state index contributed by atoms with van der Waals surface area (Å²) in [7, 11) is 0. The number of ether oxygens (including phenoxy) is 1. The summed E-state index contributed by atoms with van der Waals surface area (Å²) in [6, 6.07) is 7.42. The van der Waals surface area contributed by atoms with E-state index in [4.69, 9.17) is 21.3 Å². The largest absolute Gasteiger partial charge is 0.444 e. The molecule has 12 heteroatoms. The maximum Gasteiger partial charge on any atom is 0.410 e. The molecule has 0 bridgehead atoms. The van der Waals surface area contributed by atoms with Crippen molar-refractivity contribution < 1.29 is 13.9 Å². The van der Waals surface area contributed by atoms with Crippen LogP contribution in [0.5, 0.6) is 0 Å². The number of hydrogen-bond acceptors (Lipinski definition) is 8. The highest BCUT2D eigenvalue weighted by atomic mass is 35.5. The van der Waals surface area contributed by atoms with Gasteiger partial charge in [-0.2, -0.15) is 4.98 Å². The normalized spacial score (nSPS) is 17.3. The summed E-state index contributed by atoms with van der Waals surface area (Å²) in [5.74, 6) is 0.409. The van der Waals surface area contributed by atoms with E-state index >= 15 is 4.39 Å². The molecule has 3 aromatic heterocycles. The summed E-state index contributed by atoms with van der Waals surface area (Å²) in [4.78, 5) is 49.6. The lowest BCUT2D eigenvalue weighted by Gasteiger charge is -2.44. The van der Waals surface area contributed by atoms with E-state index in [1.54, 1.807) is 36.1 Å². The molecule has 4 heterocycles. The molecule has 1 aliphatic heterocycles. The molecule has 1 amide bonds. The molecule has 10 nitrogen and oxygen atoms in total. The van der Waals surface area contributed by atoms with E-state index in [2.05, 4.69) is 15.0 Å². The van der Waals surface area contributed by atoms with Gasteiger partial charge in [-0.25, -0.2) is 33.5 Å². The fraction of sp³-hybridized carbons (Fsp3) is 0.455. The van der Waals surface area contributed by atoms with Gasteiger partial charge in [0.1, 0.15) is 23.1 Å². The highest BCUT2D eigenvalue weighted by Crippen LogP contribution is 2.36. The van der Waals surface area contributed by atoms with Gasteiger partial charge in [-0.05, 0) is 72.6 Å². The second-order valence-electron chi connectivity index (χ2n) is 13.0. The van der Waals surface area contributed by atoms with Gasteiger partial charge in [-0.1, -0.05) is 37.6 Å². The van der Waals surface area contributed by atoms with Crippen LogP contribution in [0.2, 0.25) is 5.02 Å². The Morgan fingerprint density at radius 1 is 1.04 bits per heavy atom. The zero-order valence-corrected chi connectivity index (χ0v) is 27.9. The second kappa shape index (κ2) is 12.0. The highest BCUT2D eigenvalue weighted by Gasteiger charge is 2.36. The molecular formula is C33H39ClFN7O3. The van der Waals surface area contributed by atoms with Crippen molar-refractivity contribution in [1.29, 1.82) is 0 Å². The number of halogens is 2. The van der Waals surface area contributed by atoms with Crippen molar-refractivity contribution in [1.82, 2.24) is 29.4 Å². The molecule has 238 valence electrons. The van der Waals surface area contributed by atoms with Crippen LogP contribution in [0.25, 0.3) is 28.0 Å². The highest BCUT2D eigenvalue weighted by molar-refractivity contribution is 6.33. The molecule has 0 N–H and O–H groups in total. The van der Waals surface area contributed by atoms with Crippen LogP contribution < -0.4 is 10.6 Å². The van der Waals surface area contributed by atoms with E-state index in [-0.39, 0.29) is 39.9 Å². The van der Waals surface area contributed by atoms with E-state index < -0.39 is 23.2 Å². The average Bonchev–Trinajstić information content (AvgIpc) is 2.93. The molecule has 0 spiro atoms. The molecule has 5 rings (SSSR count). The number of rotatable bonds is 4. The number of aryl methyl sites for hydroxylation is 2. The molecule has 2 atom stereocenters. The lowest BCUT2D eigenvalue weighted by molar-refractivity contribution is 0.0130. The summed E-state index contributed by atoms with van der Waals surface area (Å²) in [5.41, 5.74) is 1.16. The quantitative estimate of drug-likeness (QED) is 0.247. The van der Waals surface area contributed by atoms with Crippen LogP contribution in [-0.2, 0) is 4.74 Å². The number of benzene rings is 1. The van der Waals surface area contributed by atoms with Crippen LogP contribution in [0.3, 0.4) is 0 Å². The predicted molar refractivity (Wildman–Crippen MR) is 174 cm³/mol. The average molecular weight is 636 g/mol. The first-order valence-corrected chi connectivity index (χ1v) is 15.4. The van der Waals surface area contributed by atoms with Crippen molar-refractivity contribution in [3.63, 3.8) is 0 Å². The number of aromatic nitrogens is 5. The van der Waals surface area contributed by atoms with Gasteiger partial charge >= 0.3 is 11.8 Å².